The van der Waals surface area contributed by atoms with Crippen LogP contribution in [0, 0.1) is 0 Å². The fourth-order valence-corrected chi connectivity index (χ4v) is 2.16. The van der Waals surface area contributed by atoms with E-state index in [1.807, 2.05) is 48.5 Å². The first kappa shape index (κ1) is 12.7. The molecular formula is C15H14O2S. The molecule has 2 aromatic rings. The van der Waals surface area contributed by atoms with Crippen LogP contribution in [0.3, 0.4) is 0 Å². The third-order valence-corrected chi connectivity index (χ3v) is 2.89. The highest BCUT2D eigenvalue weighted by molar-refractivity contribution is 7.96. The summed E-state index contributed by atoms with van der Waals surface area (Å²) >= 11 is 3.85. The van der Waals surface area contributed by atoms with E-state index in [-0.39, 0.29) is 5.12 Å². The molecule has 0 bridgehead atoms. The van der Waals surface area contributed by atoms with Gasteiger partial charge in [0.05, 0.1) is 7.11 Å². The van der Waals surface area contributed by atoms with Crippen LogP contribution < -0.4 is 4.74 Å². The summed E-state index contributed by atoms with van der Waals surface area (Å²) in [7, 11) is 1.63. The first-order valence-corrected chi connectivity index (χ1v) is 6.10. The molecule has 0 atom stereocenters. The monoisotopic (exact) mass is 258 g/mol. The van der Waals surface area contributed by atoms with Crippen molar-refractivity contribution < 1.29 is 9.53 Å². The van der Waals surface area contributed by atoms with Gasteiger partial charge < -0.3 is 4.74 Å². The molecular weight excluding hydrogens is 244 g/mol. The Labute approximate surface area is 112 Å². The Bertz CT molecular complexity index is 550. The van der Waals surface area contributed by atoms with Crippen molar-refractivity contribution >= 4 is 17.7 Å². The van der Waals surface area contributed by atoms with Gasteiger partial charge in [-0.25, -0.2) is 0 Å². The molecule has 0 spiro atoms. The number of benzene rings is 2. The minimum atomic E-state index is -0.152. The van der Waals surface area contributed by atoms with E-state index in [2.05, 4.69) is 12.6 Å². The molecule has 0 fully saturated rings. The predicted molar refractivity (Wildman–Crippen MR) is 76.1 cm³/mol. The highest BCUT2D eigenvalue weighted by Gasteiger charge is 2.12. The molecule has 2 nitrogen and oxygen atoms in total. The largest absolute Gasteiger partial charge is 0.496 e. The van der Waals surface area contributed by atoms with Crippen molar-refractivity contribution in [2.75, 3.05) is 7.11 Å². The van der Waals surface area contributed by atoms with E-state index in [1.165, 1.54) is 0 Å². The van der Waals surface area contributed by atoms with Crippen LogP contribution in [0.15, 0.2) is 48.5 Å². The van der Waals surface area contributed by atoms with Gasteiger partial charge in [0.15, 0.2) is 5.12 Å². The SMILES string of the molecule is COc1cccc(CC(=O)S)c1-c1ccccc1. The van der Waals surface area contributed by atoms with Gasteiger partial charge in [0.1, 0.15) is 5.75 Å². The number of methoxy groups -OCH3 is 1. The van der Waals surface area contributed by atoms with E-state index < -0.39 is 0 Å². The summed E-state index contributed by atoms with van der Waals surface area (Å²) in [5.41, 5.74) is 2.93. The highest BCUT2D eigenvalue weighted by atomic mass is 32.1. The van der Waals surface area contributed by atoms with Crippen LogP contribution in [-0.4, -0.2) is 12.2 Å². The van der Waals surface area contributed by atoms with Crippen LogP contribution >= 0.6 is 12.6 Å². The standard InChI is InChI=1S/C15H14O2S/c1-17-13-9-5-8-12(10-14(16)18)15(13)11-6-3-2-4-7-11/h2-9H,10H2,1H3,(H,16,18). The minimum Gasteiger partial charge on any atom is -0.496 e. The molecule has 0 heterocycles. The maximum absolute atomic E-state index is 11.2. The molecule has 0 saturated heterocycles. The second kappa shape index (κ2) is 5.74. The summed E-state index contributed by atoms with van der Waals surface area (Å²) in [6, 6.07) is 15.6. The van der Waals surface area contributed by atoms with Crippen molar-refractivity contribution in [2.24, 2.45) is 0 Å². The van der Waals surface area contributed by atoms with Crippen LogP contribution in [-0.2, 0) is 11.2 Å². The van der Waals surface area contributed by atoms with Crippen LogP contribution in [0.1, 0.15) is 5.56 Å². The summed E-state index contributed by atoms with van der Waals surface area (Å²) < 4.78 is 5.39. The molecule has 0 aliphatic rings. The summed E-state index contributed by atoms with van der Waals surface area (Å²) in [6.07, 6.45) is 0.296. The van der Waals surface area contributed by atoms with E-state index in [0.717, 1.165) is 22.4 Å². The van der Waals surface area contributed by atoms with E-state index in [0.29, 0.717) is 6.42 Å². The molecule has 18 heavy (non-hydrogen) atoms. The number of ether oxygens (including phenoxy) is 1. The van der Waals surface area contributed by atoms with Gasteiger partial charge in [-0.1, -0.05) is 42.5 Å². The zero-order chi connectivity index (χ0) is 13.0. The lowest BCUT2D eigenvalue weighted by molar-refractivity contribution is -0.110. The van der Waals surface area contributed by atoms with E-state index in [9.17, 15) is 4.79 Å². The van der Waals surface area contributed by atoms with Gasteiger partial charge >= 0.3 is 0 Å². The Hall–Kier alpha value is -1.74. The fraction of sp³-hybridized carbons (Fsp3) is 0.133. The average molecular weight is 258 g/mol. The molecule has 0 aromatic heterocycles. The quantitative estimate of drug-likeness (QED) is 0.851. The Morgan fingerprint density at radius 2 is 1.83 bits per heavy atom. The zero-order valence-corrected chi connectivity index (χ0v) is 11.0. The van der Waals surface area contributed by atoms with Gasteiger partial charge in [-0.05, 0) is 17.2 Å². The molecule has 0 amide bonds. The summed E-state index contributed by atoms with van der Waals surface area (Å²) in [5, 5.41) is -0.152. The number of hydrogen-bond acceptors (Lipinski definition) is 2. The maximum atomic E-state index is 11.2. The fourth-order valence-electron chi connectivity index (χ4n) is 1.99. The highest BCUT2D eigenvalue weighted by Crippen LogP contribution is 2.33. The van der Waals surface area contributed by atoms with Gasteiger partial charge in [0, 0.05) is 12.0 Å². The Kier molecular flexibility index (Phi) is 4.05. The lowest BCUT2D eigenvalue weighted by Crippen LogP contribution is -1.99. The first-order valence-electron chi connectivity index (χ1n) is 5.65. The lowest BCUT2D eigenvalue weighted by atomic mass is 9.97. The second-order valence-electron chi connectivity index (χ2n) is 3.93. The molecule has 0 unspecified atom stereocenters. The Morgan fingerprint density at radius 1 is 1.11 bits per heavy atom. The maximum Gasteiger partial charge on any atom is 0.190 e. The number of hydrogen-bond donors (Lipinski definition) is 1. The van der Waals surface area contributed by atoms with E-state index in [4.69, 9.17) is 4.74 Å². The van der Waals surface area contributed by atoms with Gasteiger partial charge in [-0.2, -0.15) is 0 Å². The summed E-state index contributed by atoms with van der Waals surface area (Å²) in [4.78, 5) is 11.2. The third kappa shape index (κ3) is 2.74. The Balaban J connectivity index is 2.58. The first-order chi connectivity index (χ1) is 8.72. The molecule has 0 aliphatic heterocycles. The number of carbonyl (C=O) groups excluding carboxylic acids is 1. The molecule has 2 aromatic carbocycles. The van der Waals surface area contributed by atoms with Crippen molar-refractivity contribution in [1.82, 2.24) is 0 Å². The van der Waals surface area contributed by atoms with Crippen molar-refractivity contribution in [1.29, 1.82) is 0 Å². The summed E-state index contributed by atoms with van der Waals surface area (Å²) in [6.45, 7) is 0. The predicted octanol–water partition coefficient (Wildman–Crippen LogP) is 3.36. The second-order valence-corrected chi connectivity index (χ2v) is 4.43. The average Bonchev–Trinajstić information content (AvgIpc) is 2.38. The van der Waals surface area contributed by atoms with Crippen LogP contribution in [0.4, 0.5) is 0 Å². The van der Waals surface area contributed by atoms with Crippen molar-refractivity contribution in [3.63, 3.8) is 0 Å². The number of rotatable bonds is 4. The minimum absolute atomic E-state index is 0.152. The molecule has 92 valence electrons. The van der Waals surface area contributed by atoms with Crippen molar-refractivity contribution in [3.8, 4) is 16.9 Å². The van der Waals surface area contributed by atoms with E-state index in [1.54, 1.807) is 7.11 Å². The number of thiol groups is 1. The van der Waals surface area contributed by atoms with Gasteiger partial charge in [0.2, 0.25) is 0 Å². The molecule has 0 N–H and O–H groups in total. The van der Waals surface area contributed by atoms with Gasteiger partial charge in [-0.15, -0.1) is 12.6 Å². The van der Waals surface area contributed by atoms with Crippen LogP contribution in [0.5, 0.6) is 5.75 Å². The van der Waals surface area contributed by atoms with Crippen LogP contribution in [0.25, 0.3) is 11.1 Å². The van der Waals surface area contributed by atoms with Crippen molar-refractivity contribution in [2.45, 2.75) is 6.42 Å². The topological polar surface area (TPSA) is 26.3 Å². The van der Waals surface area contributed by atoms with Gasteiger partial charge in [0.25, 0.3) is 0 Å². The van der Waals surface area contributed by atoms with Crippen molar-refractivity contribution in [3.05, 3.63) is 54.1 Å². The normalized spacial score (nSPS) is 10.1. The molecule has 0 aliphatic carbocycles. The smallest absolute Gasteiger partial charge is 0.190 e. The molecule has 3 heteroatoms. The lowest BCUT2D eigenvalue weighted by Gasteiger charge is -2.13. The number of carbonyl (C=O) groups is 1. The molecule has 2 rings (SSSR count). The van der Waals surface area contributed by atoms with E-state index >= 15 is 0 Å². The van der Waals surface area contributed by atoms with Crippen LogP contribution in [0.2, 0.25) is 0 Å². The summed E-state index contributed by atoms with van der Waals surface area (Å²) in [5.74, 6) is 0.772. The Morgan fingerprint density at radius 3 is 2.44 bits per heavy atom. The molecule has 0 radical (unpaired) electrons. The zero-order valence-electron chi connectivity index (χ0n) is 10.1. The van der Waals surface area contributed by atoms with Gasteiger partial charge in [-0.3, -0.25) is 4.79 Å². The molecule has 0 saturated carbocycles. The third-order valence-electron chi connectivity index (χ3n) is 2.74.